The second-order valence-electron chi connectivity index (χ2n) is 5.39. The number of nitrogens with one attached hydrogen (secondary N) is 1. The Hall–Kier alpha value is -1.69. The standard InChI is InChI=1S/C15H20FN3OS/c1-10(20)18-9-11-4-6-19(7-5-11)14-3-2-12(16)8-13(14)15(17)21/h2-3,8,11H,4-7,9H2,1H3,(H2,17,21)(H,18,20). The number of halogens is 1. The van der Waals surface area contributed by atoms with Crippen molar-refractivity contribution in [1.29, 1.82) is 0 Å². The van der Waals surface area contributed by atoms with E-state index in [2.05, 4.69) is 10.2 Å². The third kappa shape index (κ3) is 4.14. The molecule has 0 aliphatic carbocycles. The number of benzene rings is 1. The smallest absolute Gasteiger partial charge is 0.216 e. The van der Waals surface area contributed by atoms with E-state index in [1.165, 1.54) is 19.1 Å². The number of nitrogens with zero attached hydrogens (tertiary/aromatic N) is 1. The van der Waals surface area contributed by atoms with Crippen LogP contribution < -0.4 is 16.0 Å². The number of carbonyl (C=O) groups is 1. The highest BCUT2D eigenvalue weighted by atomic mass is 32.1. The number of anilines is 1. The highest BCUT2D eigenvalue weighted by Crippen LogP contribution is 2.27. The first kappa shape index (κ1) is 15.7. The molecule has 0 atom stereocenters. The van der Waals surface area contributed by atoms with Gasteiger partial charge in [0.2, 0.25) is 5.91 Å². The lowest BCUT2D eigenvalue weighted by Crippen LogP contribution is -2.39. The van der Waals surface area contributed by atoms with Crippen LogP contribution in [0.1, 0.15) is 25.3 Å². The molecular weight excluding hydrogens is 289 g/mol. The zero-order chi connectivity index (χ0) is 15.4. The van der Waals surface area contributed by atoms with Crippen LogP contribution in [0.25, 0.3) is 0 Å². The quantitative estimate of drug-likeness (QED) is 0.833. The summed E-state index contributed by atoms with van der Waals surface area (Å²) in [6, 6.07) is 4.56. The van der Waals surface area contributed by atoms with Crippen LogP contribution >= 0.6 is 12.2 Å². The van der Waals surface area contributed by atoms with Gasteiger partial charge in [0.1, 0.15) is 10.8 Å². The molecule has 1 heterocycles. The van der Waals surface area contributed by atoms with Crippen molar-refractivity contribution >= 4 is 28.8 Å². The molecule has 4 nitrogen and oxygen atoms in total. The molecule has 0 spiro atoms. The lowest BCUT2D eigenvalue weighted by molar-refractivity contribution is -0.119. The van der Waals surface area contributed by atoms with Crippen LogP contribution in [0, 0.1) is 11.7 Å². The number of piperidine rings is 1. The third-order valence-corrected chi connectivity index (χ3v) is 4.04. The van der Waals surface area contributed by atoms with E-state index < -0.39 is 0 Å². The predicted molar refractivity (Wildman–Crippen MR) is 85.9 cm³/mol. The topological polar surface area (TPSA) is 58.4 Å². The number of amides is 1. The van der Waals surface area contributed by atoms with Gasteiger partial charge in [0.25, 0.3) is 0 Å². The van der Waals surface area contributed by atoms with Gasteiger partial charge in [-0.1, -0.05) is 12.2 Å². The van der Waals surface area contributed by atoms with Gasteiger partial charge in [-0.2, -0.15) is 0 Å². The van der Waals surface area contributed by atoms with Gasteiger partial charge in [0.05, 0.1) is 0 Å². The van der Waals surface area contributed by atoms with E-state index in [-0.39, 0.29) is 16.7 Å². The van der Waals surface area contributed by atoms with Gasteiger partial charge in [-0.25, -0.2) is 4.39 Å². The molecule has 2 rings (SSSR count). The van der Waals surface area contributed by atoms with E-state index in [0.29, 0.717) is 11.5 Å². The minimum Gasteiger partial charge on any atom is -0.389 e. The maximum absolute atomic E-state index is 13.3. The molecule has 1 aliphatic rings. The Morgan fingerprint density at radius 1 is 1.48 bits per heavy atom. The summed E-state index contributed by atoms with van der Waals surface area (Å²) in [4.78, 5) is 13.3. The second kappa shape index (κ2) is 6.85. The fraction of sp³-hybridized carbons (Fsp3) is 0.467. The highest BCUT2D eigenvalue weighted by molar-refractivity contribution is 7.80. The fourth-order valence-electron chi connectivity index (χ4n) is 2.65. The summed E-state index contributed by atoms with van der Waals surface area (Å²) < 4.78 is 13.3. The van der Waals surface area contributed by atoms with E-state index in [4.69, 9.17) is 18.0 Å². The Bertz CT molecular complexity index is 542. The van der Waals surface area contributed by atoms with Gasteiger partial charge in [0, 0.05) is 37.8 Å². The number of hydrogen-bond donors (Lipinski definition) is 2. The van der Waals surface area contributed by atoms with Gasteiger partial charge in [-0.05, 0) is 37.0 Å². The summed E-state index contributed by atoms with van der Waals surface area (Å²) in [5.41, 5.74) is 7.17. The van der Waals surface area contributed by atoms with Crippen molar-refractivity contribution in [2.45, 2.75) is 19.8 Å². The molecule has 1 fully saturated rings. The number of thiocarbonyl (C=S) groups is 1. The lowest BCUT2D eigenvalue weighted by atomic mass is 9.95. The molecule has 1 amide bonds. The van der Waals surface area contributed by atoms with Crippen LogP contribution in [-0.4, -0.2) is 30.5 Å². The molecular formula is C15H20FN3OS. The molecule has 0 unspecified atom stereocenters. The number of rotatable bonds is 4. The largest absolute Gasteiger partial charge is 0.389 e. The molecule has 0 bridgehead atoms. The summed E-state index contributed by atoms with van der Waals surface area (Å²) in [6.45, 7) is 3.95. The van der Waals surface area contributed by atoms with Gasteiger partial charge in [-0.15, -0.1) is 0 Å². The minimum absolute atomic E-state index is 0.00623. The first-order valence-corrected chi connectivity index (χ1v) is 7.47. The molecule has 6 heteroatoms. The minimum atomic E-state index is -0.331. The van der Waals surface area contributed by atoms with Crippen LogP contribution in [-0.2, 0) is 4.79 Å². The molecule has 0 saturated carbocycles. The summed E-state index contributed by atoms with van der Waals surface area (Å²) >= 11 is 5.01. The SMILES string of the molecule is CC(=O)NCC1CCN(c2ccc(F)cc2C(N)=S)CC1. The van der Waals surface area contributed by atoms with Crippen molar-refractivity contribution in [3.63, 3.8) is 0 Å². The zero-order valence-corrected chi connectivity index (χ0v) is 12.9. The van der Waals surface area contributed by atoms with Crippen molar-refractivity contribution in [3.05, 3.63) is 29.6 Å². The molecule has 0 aromatic heterocycles. The Balaban J connectivity index is 2.02. The normalized spacial score (nSPS) is 15.8. The average Bonchev–Trinajstić information content (AvgIpc) is 2.45. The van der Waals surface area contributed by atoms with E-state index in [1.807, 2.05) is 0 Å². The summed E-state index contributed by atoms with van der Waals surface area (Å²) in [7, 11) is 0. The Morgan fingerprint density at radius 2 is 2.14 bits per heavy atom. The van der Waals surface area contributed by atoms with E-state index in [1.54, 1.807) is 6.07 Å². The summed E-state index contributed by atoms with van der Waals surface area (Å²) in [5, 5.41) is 2.86. The predicted octanol–water partition coefficient (Wildman–Crippen LogP) is 1.81. The highest BCUT2D eigenvalue weighted by Gasteiger charge is 2.22. The summed E-state index contributed by atoms with van der Waals surface area (Å²) in [5.74, 6) is 0.160. The second-order valence-corrected chi connectivity index (χ2v) is 5.83. The van der Waals surface area contributed by atoms with Crippen molar-refractivity contribution in [1.82, 2.24) is 5.32 Å². The van der Waals surface area contributed by atoms with Gasteiger partial charge in [-0.3, -0.25) is 4.79 Å². The maximum Gasteiger partial charge on any atom is 0.216 e. The van der Waals surface area contributed by atoms with Crippen LogP contribution in [0.15, 0.2) is 18.2 Å². The number of nitrogens with two attached hydrogens (primary N) is 1. The average molecular weight is 309 g/mol. The van der Waals surface area contributed by atoms with Crippen molar-refractivity contribution in [2.24, 2.45) is 11.7 Å². The van der Waals surface area contributed by atoms with Gasteiger partial charge in [0.15, 0.2) is 0 Å². The fourth-order valence-corrected chi connectivity index (χ4v) is 2.81. The van der Waals surface area contributed by atoms with Crippen LogP contribution in [0.2, 0.25) is 0 Å². The molecule has 114 valence electrons. The molecule has 21 heavy (non-hydrogen) atoms. The van der Waals surface area contributed by atoms with Crippen LogP contribution in [0.3, 0.4) is 0 Å². The van der Waals surface area contributed by atoms with Crippen LogP contribution in [0.5, 0.6) is 0 Å². The molecule has 1 saturated heterocycles. The lowest BCUT2D eigenvalue weighted by Gasteiger charge is -2.34. The Kier molecular flexibility index (Phi) is 5.12. The maximum atomic E-state index is 13.3. The molecule has 0 radical (unpaired) electrons. The Morgan fingerprint density at radius 3 is 2.71 bits per heavy atom. The molecule has 3 N–H and O–H groups in total. The first-order chi connectivity index (χ1) is 9.97. The van der Waals surface area contributed by atoms with Gasteiger partial charge < -0.3 is 16.0 Å². The van der Waals surface area contributed by atoms with E-state index in [0.717, 1.165) is 38.2 Å². The van der Waals surface area contributed by atoms with E-state index in [9.17, 15) is 9.18 Å². The van der Waals surface area contributed by atoms with Crippen molar-refractivity contribution in [2.75, 3.05) is 24.5 Å². The van der Waals surface area contributed by atoms with E-state index >= 15 is 0 Å². The molecule has 1 aromatic carbocycles. The number of carbonyl (C=O) groups excluding carboxylic acids is 1. The van der Waals surface area contributed by atoms with Crippen LogP contribution in [0.4, 0.5) is 10.1 Å². The molecule has 1 aliphatic heterocycles. The third-order valence-electron chi connectivity index (χ3n) is 3.82. The van der Waals surface area contributed by atoms with Crippen molar-refractivity contribution in [3.8, 4) is 0 Å². The number of hydrogen-bond acceptors (Lipinski definition) is 3. The monoisotopic (exact) mass is 309 g/mol. The first-order valence-electron chi connectivity index (χ1n) is 7.06. The zero-order valence-electron chi connectivity index (χ0n) is 12.1. The Labute approximate surface area is 129 Å². The van der Waals surface area contributed by atoms with Crippen molar-refractivity contribution < 1.29 is 9.18 Å². The molecule has 1 aromatic rings. The summed E-state index contributed by atoms with van der Waals surface area (Å²) in [6.07, 6.45) is 1.96. The van der Waals surface area contributed by atoms with Gasteiger partial charge >= 0.3 is 0 Å².